The molecule has 6 heteroatoms. The zero-order valence-corrected chi connectivity index (χ0v) is 9.53. The molecule has 0 bridgehead atoms. The summed E-state index contributed by atoms with van der Waals surface area (Å²) in [6.07, 6.45) is 3.74. The van der Waals surface area contributed by atoms with E-state index >= 15 is 0 Å². The van der Waals surface area contributed by atoms with Gasteiger partial charge in [0.1, 0.15) is 0 Å². The molecule has 1 atom stereocenters. The Hall–Kier alpha value is -1.27. The quantitative estimate of drug-likeness (QED) is 0.846. The number of aryl methyl sites for hydroxylation is 1. The summed E-state index contributed by atoms with van der Waals surface area (Å²) >= 11 is 1.67. The third-order valence-corrected chi connectivity index (χ3v) is 2.91. The second-order valence-corrected chi connectivity index (χ2v) is 4.79. The SMILES string of the molecule is Cc1ncc(Cn2cc(C(C)N)nn2)s1. The number of hydrogen-bond donors (Lipinski definition) is 1. The van der Waals surface area contributed by atoms with Gasteiger partial charge >= 0.3 is 0 Å². The lowest BCUT2D eigenvalue weighted by Crippen LogP contribution is -2.05. The van der Waals surface area contributed by atoms with Crippen molar-refractivity contribution in [3.63, 3.8) is 0 Å². The fourth-order valence-electron chi connectivity index (χ4n) is 1.24. The third-order valence-electron chi connectivity index (χ3n) is 2.01. The van der Waals surface area contributed by atoms with E-state index in [-0.39, 0.29) is 6.04 Å². The Morgan fingerprint density at radius 2 is 2.40 bits per heavy atom. The number of rotatable bonds is 3. The fourth-order valence-corrected chi connectivity index (χ4v) is 2.02. The summed E-state index contributed by atoms with van der Waals surface area (Å²) in [5.41, 5.74) is 6.51. The lowest BCUT2D eigenvalue weighted by Gasteiger charge is -1.96. The van der Waals surface area contributed by atoms with Crippen LogP contribution in [0.3, 0.4) is 0 Å². The Morgan fingerprint density at radius 1 is 1.60 bits per heavy atom. The molecule has 0 radical (unpaired) electrons. The van der Waals surface area contributed by atoms with Gasteiger partial charge < -0.3 is 5.73 Å². The number of hydrogen-bond acceptors (Lipinski definition) is 5. The molecule has 0 spiro atoms. The highest BCUT2D eigenvalue weighted by Gasteiger charge is 2.06. The highest BCUT2D eigenvalue weighted by Crippen LogP contribution is 2.13. The van der Waals surface area contributed by atoms with Crippen LogP contribution in [0, 0.1) is 6.92 Å². The maximum Gasteiger partial charge on any atom is 0.0991 e. The molecule has 5 nitrogen and oxygen atoms in total. The zero-order valence-electron chi connectivity index (χ0n) is 8.71. The van der Waals surface area contributed by atoms with E-state index in [2.05, 4.69) is 15.3 Å². The van der Waals surface area contributed by atoms with Crippen molar-refractivity contribution in [2.45, 2.75) is 26.4 Å². The molecule has 0 aliphatic carbocycles. The summed E-state index contributed by atoms with van der Waals surface area (Å²) in [7, 11) is 0. The summed E-state index contributed by atoms with van der Waals surface area (Å²) in [6, 6.07) is -0.0676. The molecule has 80 valence electrons. The van der Waals surface area contributed by atoms with Gasteiger partial charge in [-0.2, -0.15) is 0 Å². The molecule has 2 aromatic heterocycles. The molecule has 2 heterocycles. The summed E-state index contributed by atoms with van der Waals surface area (Å²) in [6.45, 7) is 4.60. The van der Waals surface area contributed by atoms with Crippen molar-refractivity contribution in [2.24, 2.45) is 5.73 Å². The largest absolute Gasteiger partial charge is 0.323 e. The van der Waals surface area contributed by atoms with Gasteiger partial charge in [-0.05, 0) is 13.8 Å². The maximum absolute atomic E-state index is 5.70. The molecule has 15 heavy (non-hydrogen) atoms. The van der Waals surface area contributed by atoms with Gasteiger partial charge in [0.2, 0.25) is 0 Å². The minimum Gasteiger partial charge on any atom is -0.323 e. The maximum atomic E-state index is 5.70. The van der Waals surface area contributed by atoms with E-state index < -0.39 is 0 Å². The van der Waals surface area contributed by atoms with Crippen LogP contribution in [-0.2, 0) is 6.54 Å². The zero-order chi connectivity index (χ0) is 10.8. The molecule has 2 aromatic rings. The first-order chi connectivity index (χ1) is 7.15. The normalized spacial score (nSPS) is 13.0. The number of nitrogens with two attached hydrogens (primary N) is 1. The Kier molecular flexibility index (Phi) is 2.79. The first-order valence-electron chi connectivity index (χ1n) is 4.72. The molecule has 1 unspecified atom stereocenters. The van der Waals surface area contributed by atoms with E-state index in [0.29, 0.717) is 6.54 Å². The molecule has 2 N–H and O–H groups in total. The Bertz CT molecular complexity index is 445. The molecule has 0 saturated heterocycles. The van der Waals surface area contributed by atoms with E-state index in [1.165, 1.54) is 4.88 Å². The Labute approximate surface area is 91.9 Å². The van der Waals surface area contributed by atoms with Gasteiger partial charge in [0.25, 0.3) is 0 Å². The summed E-state index contributed by atoms with van der Waals surface area (Å²) in [4.78, 5) is 5.36. The van der Waals surface area contributed by atoms with Crippen molar-refractivity contribution >= 4 is 11.3 Å². The van der Waals surface area contributed by atoms with Crippen molar-refractivity contribution in [1.82, 2.24) is 20.0 Å². The topological polar surface area (TPSA) is 69.6 Å². The molecule has 0 fully saturated rings. The molecule has 2 rings (SSSR count). The third kappa shape index (κ3) is 2.40. The van der Waals surface area contributed by atoms with Gasteiger partial charge in [-0.3, -0.25) is 0 Å². The minimum absolute atomic E-state index is 0.0676. The first kappa shape index (κ1) is 10.3. The monoisotopic (exact) mass is 223 g/mol. The van der Waals surface area contributed by atoms with E-state index in [4.69, 9.17) is 5.73 Å². The van der Waals surface area contributed by atoms with Gasteiger partial charge in [-0.15, -0.1) is 16.4 Å². The molecule has 0 saturated carbocycles. The van der Waals surface area contributed by atoms with E-state index in [0.717, 1.165) is 10.7 Å². The van der Waals surface area contributed by atoms with Gasteiger partial charge in [0.15, 0.2) is 0 Å². The van der Waals surface area contributed by atoms with Crippen LogP contribution in [0.15, 0.2) is 12.4 Å². The first-order valence-corrected chi connectivity index (χ1v) is 5.53. The van der Waals surface area contributed by atoms with Crippen LogP contribution in [0.25, 0.3) is 0 Å². The van der Waals surface area contributed by atoms with Crippen LogP contribution < -0.4 is 5.73 Å². The van der Waals surface area contributed by atoms with Crippen molar-refractivity contribution in [3.8, 4) is 0 Å². The van der Waals surface area contributed by atoms with Crippen LogP contribution in [0.1, 0.15) is 28.5 Å². The predicted molar refractivity (Wildman–Crippen MR) is 58.6 cm³/mol. The molecule has 0 aliphatic heterocycles. The predicted octanol–water partition coefficient (Wildman–Crippen LogP) is 1.11. The van der Waals surface area contributed by atoms with Crippen LogP contribution in [0.5, 0.6) is 0 Å². The summed E-state index contributed by atoms with van der Waals surface area (Å²) in [5.74, 6) is 0. The van der Waals surface area contributed by atoms with Crippen molar-refractivity contribution in [3.05, 3.63) is 28.0 Å². The standard InChI is InChI=1S/C9H13N5S/c1-6(10)9-5-14(13-12-9)4-8-3-11-7(2)15-8/h3,5-6H,4,10H2,1-2H3. The van der Waals surface area contributed by atoms with Gasteiger partial charge in [0.05, 0.1) is 23.4 Å². The van der Waals surface area contributed by atoms with Gasteiger partial charge in [0, 0.05) is 17.1 Å². The van der Waals surface area contributed by atoms with E-state index in [1.807, 2.05) is 26.2 Å². The number of nitrogens with zero attached hydrogens (tertiary/aromatic N) is 4. The van der Waals surface area contributed by atoms with Crippen LogP contribution in [-0.4, -0.2) is 20.0 Å². The van der Waals surface area contributed by atoms with Crippen LogP contribution in [0.2, 0.25) is 0 Å². The Balaban J connectivity index is 2.11. The molecule has 0 aliphatic rings. The minimum atomic E-state index is -0.0676. The average molecular weight is 223 g/mol. The molecular weight excluding hydrogens is 210 g/mol. The lowest BCUT2D eigenvalue weighted by atomic mass is 10.3. The summed E-state index contributed by atoms with van der Waals surface area (Å²) in [5, 5.41) is 9.07. The highest BCUT2D eigenvalue weighted by molar-refractivity contribution is 7.11. The average Bonchev–Trinajstić information content (AvgIpc) is 2.76. The fraction of sp³-hybridized carbons (Fsp3) is 0.444. The second-order valence-electron chi connectivity index (χ2n) is 3.48. The highest BCUT2D eigenvalue weighted by atomic mass is 32.1. The van der Waals surface area contributed by atoms with Crippen molar-refractivity contribution < 1.29 is 0 Å². The van der Waals surface area contributed by atoms with E-state index in [9.17, 15) is 0 Å². The lowest BCUT2D eigenvalue weighted by molar-refractivity contribution is 0.653. The van der Waals surface area contributed by atoms with Crippen molar-refractivity contribution in [2.75, 3.05) is 0 Å². The molecule has 0 amide bonds. The second kappa shape index (κ2) is 4.08. The van der Waals surface area contributed by atoms with Crippen molar-refractivity contribution in [1.29, 1.82) is 0 Å². The number of thiazole rings is 1. The van der Waals surface area contributed by atoms with E-state index in [1.54, 1.807) is 16.0 Å². The van der Waals surface area contributed by atoms with Gasteiger partial charge in [-0.25, -0.2) is 9.67 Å². The van der Waals surface area contributed by atoms with Crippen LogP contribution >= 0.6 is 11.3 Å². The smallest absolute Gasteiger partial charge is 0.0991 e. The Morgan fingerprint density at radius 3 is 2.93 bits per heavy atom. The molecule has 0 aromatic carbocycles. The summed E-state index contributed by atoms with van der Waals surface area (Å²) < 4.78 is 1.78. The van der Waals surface area contributed by atoms with Crippen LogP contribution in [0.4, 0.5) is 0 Å². The van der Waals surface area contributed by atoms with Gasteiger partial charge in [-0.1, -0.05) is 5.21 Å². The number of aromatic nitrogens is 4. The molecular formula is C9H13N5S.